The first-order valence-corrected chi connectivity index (χ1v) is 6.89. The highest BCUT2D eigenvalue weighted by Crippen LogP contribution is 2.23. The fourth-order valence-electron chi connectivity index (χ4n) is 2.14. The summed E-state index contributed by atoms with van der Waals surface area (Å²) in [5.41, 5.74) is 8.23. The molecule has 1 heterocycles. The van der Waals surface area contributed by atoms with Crippen molar-refractivity contribution >= 4 is 26.7 Å². The molecule has 1 unspecified atom stereocenters. The van der Waals surface area contributed by atoms with E-state index in [0.29, 0.717) is 0 Å². The lowest BCUT2D eigenvalue weighted by Crippen LogP contribution is -2.13. The molecule has 3 heteroatoms. The van der Waals surface area contributed by atoms with Gasteiger partial charge in [-0.25, -0.2) is 0 Å². The van der Waals surface area contributed by atoms with Crippen molar-refractivity contribution in [2.75, 3.05) is 0 Å². The van der Waals surface area contributed by atoms with E-state index in [4.69, 9.17) is 5.73 Å². The molecule has 3 rings (SSSR count). The summed E-state index contributed by atoms with van der Waals surface area (Å²) in [5, 5.41) is 2.43. The maximum atomic E-state index is 6.28. The molecule has 0 radical (unpaired) electrons. The lowest BCUT2D eigenvalue weighted by molar-refractivity contribution is 0.829. The van der Waals surface area contributed by atoms with Gasteiger partial charge in [0.05, 0.1) is 11.7 Å². The molecule has 0 fully saturated rings. The fourth-order valence-corrected chi connectivity index (χ4v) is 2.38. The smallest absolute Gasteiger partial charge is 0.0726 e. The van der Waals surface area contributed by atoms with Gasteiger partial charge in [-0.3, -0.25) is 4.98 Å². The Morgan fingerprint density at radius 2 is 1.74 bits per heavy atom. The van der Waals surface area contributed by atoms with E-state index in [2.05, 4.69) is 51.2 Å². The predicted molar refractivity (Wildman–Crippen MR) is 81.9 cm³/mol. The van der Waals surface area contributed by atoms with Crippen molar-refractivity contribution in [3.8, 4) is 0 Å². The van der Waals surface area contributed by atoms with Gasteiger partial charge in [0.15, 0.2) is 0 Å². The summed E-state index contributed by atoms with van der Waals surface area (Å²) in [5.74, 6) is 0. The Labute approximate surface area is 120 Å². The minimum absolute atomic E-state index is 0.197. The number of rotatable bonds is 2. The second kappa shape index (κ2) is 5.11. The highest BCUT2D eigenvalue weighted by atomic mass is 79.9. The van der Waals surface area contributed by atoms with E-state index in [9.17, 15) is 0 Å². The van der Waals surface area contributed by atoms with Gasteiger partial charge in [-0.05, 0) is 50.5 Å². The molecule has 0 spiro atoms. The Bertz CT molecular complexity index is 707. The number of pyridine rings is 1. The molecule has 0 aliphatic rings. The molecule has 0 bridgehead atoms. The summed E-state index contributed by atoms with van der Waals surface area (Å²) in [6, 6.07) is 18.3. The number of nitrogens with two attached hydrogens (primary N) is 1. The Kier molecular flexibility index (Phi) is 3.32. The zero-order chi connectivity index (χ0) is 13.2. The largest absolute Gasteiger partial charge is 0.319 e. The summed E-state index contributed by atoms with van der Waals surface area (Å²) in [6.45, 7) is 0. The Morgan fingerprint density at radius 3 is 2.47 bits per heavy atom. The van der Waals surface area contributed by atoms with Gasteiger partial charge in [-0.2, -0.15) is 0 Å². The van der Waals surface area contributed by atoms with Gasteiger partial charge in [0.25, 0.3) is 0 Å². The minimum Gasteiger partial charge on any atom is -0.319 e. The van der Waals surface area contributed by atoms with Crippen molar-refractivity contribution in [1.82, 2.24) is 4.98 Å². The first-order valence-electron chi connectivity index (χ1n) is 6.10. The third kappa shape index (κ3) is 2.53. The molecule has 0 aliphatic heterocycles. The van der Waals surface area contributed by atoms with Crippen LogP contribution in [0.3, 0.4) is 0 Å². The second-order valence-electron chi connectivity index (χ2n) is 4.49. The molecule has 0 saturated heterocycles. The van der Waals surface area contributed by atoms with Crippen LogP contribution < -0.4 is 5.73 Å². The zero-order valence-corrected chi connectivity index (χ0v) is 11.8. The lowest BCUT2D eigenvalue weighted by atomic mass is 10.00. The zero-order valence-electron chi connectivity index (χ0n) is 10.3. The van der Waals surface area contributed by atoms with Crippen molar-refractivity contribution < 1.29 is 0 Å². The van der Waals surface area contributed by atoms with Crippen molar-refractivity contribution in [3.05, 3.63) is 76.5 Å². The number of hydrogen-bond donors (Lipinski definition) is 1. The van der Waals surface area contributed by atoms with Crippen molar-refractivity contribution in [2.45, 2.75) is 6.04 Å². The molecule has 0 aliphatic carbocycles. The monoisotopic (exact) mass is 312 g/mol. The number of halogens is 1. The molecular weight excluding hydrogens is 300 g/mol. The van der Waals surface area contributed by atoms with E-state index in [0.717, 1.165) is 15.7 Å². The summed E-state index contributed by atoms with van der Waals surface area (Å²) in [4.78, 5) is 4.36. The lowest BCUT2D eigenvalue weighted by Gasteiger charge is -2.12. The van der Waals surface area contributed by atoms with E-state index in [1.165, 1.54) is 10.8 Å². The van der Waals surface area contributed by atoms with Crippen LogP contribution in [-0.2, 0) is 0 Å². The van der Waals surface area contributed by atoms with Gasteiger partial charge < -0.3 is 5.73 Å². The van der Waals surface area contributed by atoms with E-state index in [1.807, 2.05) is 24.3 Å². The molecule has 1 atom stereocenters. The third-order valence-corrected chi connectivity index (χ3v) is 3.67. The molecule has 1 aromatic heterocycles. The van der Waals surface area contributed by atoms with Gasteiger partial charge in [0.1, 0.15) is 0 Å². The molecule has 2 N–H and O–H groups in total. The number of fused-ring (bicyclic) bond motifs is 1. The Balaban J connectivity index is 2.01. The van der Waals surface area contributed by atoms with Gasteiger partial charge in [-0.15, -0.1) is 0 Å². The molecule has 2 nitrogen and oxygen atoms in total. The molecule has 2 aromatic carbocycles. The van der Waals surface area contributed by atoms with Crippen LogP contribution in [0.5, 0.6) is 0 Å². The summed E-state index contributed by atoms with van der Waals surface area (Å²) < 4.78 is 0.960. The van der Waals surface area contributed by atoms with Crippen LogP contribution in [0.2, 0.25) is 0 Å². The highest BCUT2D eigenvalue weighted by molar-refractivity contribution is 9.10. The first-order chi connectivity index (χ1) is 9.24. The van der Waals surface area contributed by atoms with Gasteiger partial charge in [-0.1, -0.05) is 36.4 Å². The fraction of sp³-hybridized carbons (Fsp3) is 0.0625. The van der Waals surface area contributed by atoms with Crippen LogP contribution in [0.1, 0.15) is 17.3 Å². The van der Waals surface area contributed by atoms with E-state index in [1.54, 1.807) is 6.20 Å². The maximum Gasteiger partial charge on any atom is 0.0726 e. The second-order valence-corrected chi connectivity index (χ2v) is 5.40. The quantitative estimate of drug-likeness (QED) is 0.775. The average molecular weight is 313 g/mol. The minimum atomic E-state index is -0.197. The number of nitrogens with zero attached hydrogens (tertiary/aromatic N) is 1. The maximum absolute atomic E-state index is 6.28. The van der Waals surface area contributed by atoms with Gasteiger partial charge >= 0.3 is 0 Å². The highest BCUT2D eigenvalue weighted by Gasteiger charge is 2.10. The summed E-state index contributed by atoms with van der Waals surface area (Å²) in [6.07, 6.45) is 1.77. The molecular formula is C16H13BrN2. The van der Waals surface area contributed by atoms with Crippen LogP contribution in [0.4, 0.5) is 0 Å². The summed E-state index contributed by atoms with van der Waals surface area (Å²) in [7, 11) is 0. The van der Waals surface area contributed by atoms with E-state index < -0.39 is 0 Å². The Hall–Kier alpha value is -1.71. The SMILES string of the molecule is NC(c1ccc2ccccc2c1)c1ccc(Br)cn1. The normalized spacial score (nSPS) is 12.5. The Morgan fingerprint density at radius 1 is 0.947 bits per heavy atom. The molecule has 0 saturated carbocycles. The molecule has 0 amide bonds. The first kappa shape index (κ1) is 12.3. The van der Waals surface area contributed by atoms with Crippen LogP contribution in [0.15, 0.2) is 65.3 Å². The summed E-state index contributed by atoms with van der Waals surface area (Å²) >= 11 is 3.38. The van der Waals surface area contributed by atoms with Crippen LogP contribution in [-0.4, -0.2) is 4.98 Å². The van der Waals surface area contributed by atoms with Crippen molar-refractivity contribution in [2.24, 2.45) is 5.73 Å². The van der Waals surface area contributed by atoms with Gasteiger partial charge in [0.2, 0.25) is 0 Å². The van der Waals surface area contributed by atoms with Crippen LogP contribution >= 0.6 is 15.9 Å². The van der Waals surface area contributed by atoms with Crippen molar-refractivity contribution in [3.63, 3.8) is 0 Å². The van der Waals surface area contributed by atoms with Crippen LogP contribution in [0.25, 0.3) is 10.8 Å². The average Bonchev–Trinajstić information content (AvgIpc) is 2.47. The van der Waals surface area contributed by atoms with Crippen molar-refractivity contribution in [1.29, 1.82) is 0 Å². The van der Waals surface area contributed by atoms with E-state index >= 15 is 0 Å². The number of aromatic nitrogens is 1. The molecule has 94 valence electrons. The van der Waals surface area contributed by atoms with Crippen LogP contribution in [0, 0.1) is 0 Å². The predicted octanol–water partition coefficient (Wildman–Crippen LogP) is 4.05. The van der Waals surface area contributed by atoms with E-state index in [-0.39, 0.29) is 6.04 Å². The van der Waals surface area contributed by atoms with Gasteiger partial charge in [0, 0.05) is 10.7 Å². The standard InChI is InChI=1S/C16H13BrN2/c17-14-7-8-15(19-10-14)16(18)13-6-5-11-3-1-2-4-12(11)9-13/h1-10,16H,18H2. The topological polar surface area (TPSA) is 38.9 Å². The number of benzene rings is 2. The number of hydrogen-bond acceptors (Lipinski definition) is 2. The molecule has 3 aromatic rings. The molecule has 19 heavy (non-hydrogen) atoms. The third-order valence-electron chi connectivity index (χ3n) is 3.20.